The van der Waals surface area contributed by atoms with Gasteiger partial charge < -0.3 is 20.1 Å². The molecule has 1 aromatic heterocycles. The van der Waals surface area contributed by atoms with Crippen LogP contribution in [0.3, 0.4) is 0 Å². The van der Waals surface area contributed by atoms with Gasteiger partial charge in [-0.15, -0.1) is 0 Å². The van der Waals surface area contributed by atoms with E-state index in [-0.39, 0.29) is 36.3 Å². The molecule has 2 aromatic carbocycles. The molecule has 1 aliphatic rings. The van der Waals surface area contributed by atoms with Gasteiger partial charge in [0.25, 0.3) is 5.91 Å². The Hall–Kier alpha value is -3.68. The van der Waals surface area contributed by atoms with E-state index in [2.05, 4.69) is 24.5 Å². The minimum Gasteiger partial charge on any atom is -0.354 e. The molecule has 0 spiro atoms. The van der Waals surface area contributed by atoms with Crippen LogP contribution in [-0.2, 0) is 22.7 Å². The summed E-state index contributed by atoms with van der Waals surface area (Å²) in [6, 6.07) is 13.7. The summed E-state index contributed by atoms with van der Waals surface area (Å²) in [7, 11) is 0. The number of nitrogens with zero attached hydrogens (tertiary/aromatic N) is 2. The molecule has 8 heteroatoms. The third-order valence-electron chi connectivity index (χ3n) is 6.52. The van der Waals surface area contributed by atoms with Crippen LogP contribution in [0.5, 0.6) is 0 Å². The predicted octanol–water partition coefficient (Wildman–Crippen LogP) is 4.32. The normalized spacial score (nSPS) is 17.5. The van der Waals surface area contributed by atoms with Crippen molar-refractivity contribution < 1.29 is 18.8 Å². The molecule has 0 unspecified atom stereocenters. The third-order valence-corrected chi connectivity index (χ3v) is 6.52. The maximum atomic E-state index is 14.2. The zero-order valence-corrected chi connectivity index (χ0v) is 20.5. The number of anilines is 1. The fraction of sp³-hybridized carbons (Fsp3) is 0.370. The molecule has 4 rings (SSSR count). The van der Waals surface area contributed by atoms with Gasteiger partial charge in [-0.2, -0.15) is 0 Å². The number of amides is 3. The van der Waals surface area contributed by atoms with E-state index in [9.17, 15) is 18.8 Å². The maximum absolute atomic E-state index is 14.2. The van der Waals surface area contributed by atoms with E-state index in [1.165, 1.54) is 19.1 Å². The highest BCUT2D eigenvalue weighted by molar-refractivity contribution is 6.14. The fourth-order valence-corrected chi connectivity index (χ4v) is 4.63. The van der Waals surface area contributed by atoms with Gasteiger partial charge in [0, 0.05) is 25.4 Å². The highest BCUT2D eigenvalue weighted by atomic mass is 19.1. The van der Waals surface area contributed by atoms with E-state index in [1.54, 1.807) is 22.5 Å². The van der Waals surface area contributed by atoms with E-state index in [0.29, 0.717) is 23.4 Å². The first kappa shape index (κ1) is 24.4. The van der Waals surface area contributed by atoms with Crippen molar-refractivity contribution in [3.05, 3.63) is 65.6 Å². The zero-order chi connectivity index (χ0) is 25.3. The van der Waals surface area contributed by atoms with Crippen molar-refractivity contribution in [2.24, 2.45) is 5.92 Å². The van der Waals surface area contributed by atoms with Gasteiger partial charge in [-0.1, -0.05) is 44.2 Å². The number of aromatic nitrogens is 1. The molecular weight excluding hydrogens is 447 g/mol. The summed E-state index contributed by atoms with van der Waals surface area (Å²) < 4.78 is 15.9. The minimum absolute atomic E-state index is 0.163. The van der Waals surface area contributed by atoms with E-state index in [4.69, 9.17) is 0 Å². The van der Waals surface area contributed by atoms with Crippen LogP contribution in [-0.4, -0.2) is 39.3 Å². The maximum Gasteiger partial charge on any atom is 0.273 e. The Kier molecular flexibility index (Phi) is 6.65. The Morgan fingerprint density at radius 3 is 2.51 bits per heavy atom. The van der Waals surface area contributed by atoms with Crippen molar-refractivity contribution in [3.8, 4) is 0 Å². The van der Waals surface area contributed by atoms with Gasteiger partial charge in [-0.25, -0.2) is 4.39 Å². The number of hydrogen-bond donors (Lipinski definition) is 2. The Labute approximate surface area is 204 Å². The average molecular weight is 479 g/mol. The molecular formula is C27H31FN4O3. The molecule has 0 saturated heterocycles. The number of carbonyl (C=O) groups excluding carboxylic acids is 3. The lowest BCUT2D eigenvalue weighted by molar-refractivity contribution is -0.133. The average Bonchev–Trinajstić information content (AvgIpc) is 3.08. The van der Waals surface area contributed by atoms with E-state index in [0.717, 1.165) is 12.0 Å². The molecule has 1 atom stereocenters. The van der Waals surface area contributed by atoms with Crippen molar-refractivity contribution in [2.75, 3.05) is 11.9 Å². The number of benzene rings is 2. The van der Waals surface area contributed by atoms with Gasteiger partial charge in [-0.3, -0.25) is 14.4 Å². The van der Waals surface area contributed by atoms with E-state index >= 15 is 0 Å². The van der Waals surface area contributed by atoms with Crippen LogP contribution in [0.15, 0.2) is 48.5 Å². The van der Waals surface area contributed by atoms with Gasteiger partial charge in [0.05, 0.1) is 17.7 Å². The smallest absolute Gasteiger partial charge is 0.273 e. The second kappa shape index (κ2) is 9.52. The van der Waals surface area contributed by atoms with Gasteiger partial charge in [0.15, 0.2) is 0 Å². The van der Waals surface area contributed by atoms with Crippen molar-refractivity contribution in [1.29, 1.82) is 0 Å². The van der Waals surface area contributed by atoms with Crippen LogP contribution in [0.1, 0.15) is 50.2 Å². The van der Waals surface area contributed by atoms with Crippen LogP contribution >= 0.6 is 0 Å². The standard InChI is InChI=1S/C27H31FN4O3/c1-17(2)12-13-29-26(35)27(4)16-31-22-11-10-20(28)14-21(22)23(30-18(3)33)24(31)25(34)32(27)15-19-8-6-5-7-9-19/h5-11,14,17H,12-13,15-16H2,1-4H3,(H,29,35)(H,30,33)/t27-/m1/s1. The molecule has 0 fully saturated rings. The lowest BCUT2D eigenvalue weighted by Crippen LogP contribution is -2.63. The van der Waals surface area contributed by atoms with Crippen LogP contribution < -0.4 is 10.6 Å². The monoisotopic (exact) mass is 478 g/mol. The molecule has 0 bridgehead atoms. The first-order chi connectivity index (χ1) is 16.6. The van der Waals surface area contributed by atoms with Gasteiger partial charge in [0.2, 0.25) is 11.8 Å². The number of carbonyl (C=O) groups is 3. The fourth-order valence-electron chi connectivity index (χ4n) is 4.63. The second-order valence-corrected chi connectivity index (χ2v) is 9.74. The van der Waals surface area contributed by atoms with Gasteiger partial charge >= 0.3 is 0 Å². The topological polar surface area (TPSA) is 83.4 Å². The summed E-state index contributed by atoms with van der Waals surface area (Å²) in [6.45, 7) is 8.15. The van der Waals surface area contributed by atoms with E-state index < -0.39 is 17.3 Å². The molecule has 3 aromatic rings. The largest absolute Gasteiger partial charge is 0.354 e. The number of halogens is 1. The molecule has 0 radical (unpaired) electrons. The molecule has 0 saturated carbocycles. The summed E-state index contributed by atoms with van der Waals surface area (Å²) in [5, 5.41) is 6.16. The van der Waals surface area contributed by atoms with Gasteiger partial charge in [-0.05, 0) is 43.0 Å². The molecule has 1 aliphatic heterocycles. The quantitative estimate of drug-likeness (QED) is 0.531. The van der Waals surface area contributed by atoms with Gasteiger partial charge in [0.1, 0.15) is 17.1 Å². The van der Waals surface area contributed by atoms with Crippen molar-refractivity contribution in [1.82, 2.24) is 14.8 Å². The van der Waals surface area contributed by atoms with Crippen molar-refractivity contribution in [2.45, 2.75) is 52.7 Å². The Bertz CT molecular complexity index is 1280. The highest BCUT2D eigenvalue weighted by Gasteiger charge is 2.48. The molecule has 184 valence electrons. The third kappa shape index (κ3) is 4.65. The van der Waals surface area contributed by atoms with Crippen LogP contribution in [0, 0.1) is 11.7 Å². The first-order valence-corrected chi connectivity index (χ1v) is 11.9. The second-order valence-electron chi connectivity index (χ2n) is 9.74. The number of rotatable bonds is 7. The molecule has 2 heterocycles. The molecule has 7 nitrogen and oxygen atoms in total. The number of fused-ring (bicyclic) bond motifs is 3. The van der Waals surface area contributed by atoms with E-state index in [1.807, 2.05) is 30.3 Å². The number of nitrogens with one attached hydrogen (secondary N) is 2. The molecule has 35 heavy (non-hydrogen) atoms. The zero-order valence-electron chi connectivity index (χ0n) is 20.5. The summed E-state index contributed by atoms with van der Waals surface area (Å²) in [5.41, 5.74) is 0.754. The lowest BCUT2D eigenvalue weighted by atomic mass is 9.93. The highest BCUT2D eigenvalue weighted by Crippen LogP contribution is 2.39. The SMILES string of the molecule is CC(=O)Nc1c2n(c3ccc(F)cc13)C[C@](C)(C(=O)NCCC(C)C)N(Cc1ccccc1)C2=O. The Morgan fingerprint density at radius 2 is 1.86 bits per heavy atom. The van der Waals surface area contributed by atoms with Crippen LogP contribution in [0.4, 0.5) is 10.1 Å². The first-order valence-electron chi connectivity index (χ1n) is 11.9. The van der Waals surface area contributed by atoms with Crippen LogP contribution in [0.2, 0.25) is 0 Å². The minimum atomic E-state index is -1.20. The number of hydrogen-bond acceptors (Lipinski definition) is 3. The van der Waals surface area contributed by atoms with Crippen molar-refractivity contribution >= 4 is 34.3 Å². The molecule has 2 N–H and O–H groups in total. The van der Waals surface area contributed by atoms with Crippen LogP contribution in [0.25, 0.3) is 10.9 Å². The molecule has 3 amide bonds. The summed E-state index contributed by atoms with van der Waals surface area (Å²) in [6.07, 6.45) is 0.818. The summed E-state index contributed by atoms with van der Waals surface area (Å²) in [5.74, 6) is -1.08. The lowest BCUT2D eigenvalue weighted by Gasteiger charge is -2.44. The Balaban J connectivity index is 1.86. The summed E-state index contributed by atoms with van der Waals surface area (Å²) >= 11 is 0. The van der Waals surface area contributed by atoms with Crippen molar-refractivity contribution in [3.63, 3.8) is 0 Å². The summed E-state index contributed by atoms with van der Waals surface area (Å²) in [4.78, 5) is 41.2. The Morgan fingerprint density at radius 1 is 1.14 bits per heavy atom. The predicted molar refractivity (Wildman–Crippen MR) is 133 cm³/mol. The molecule has 0 aliphatic carbocycles.